The van der Waals surface area contributed by atoms with E-state index in [9.17, 15) is 9.90 Å². The maximum Gasteiger partial charge on any atom is 0.303 e. The summed E-state index contributed by atoms with van der Waals surface area (Å²) >= 11 is 0. The summed E-state index contributed by atoms with van der Waals surface area (Å²) in [6.07, 6.45) is 2.91. The molecule has 1 aromatic carbocycles. The van der Waals surface area contributed by atoms with Crippen LogP contribution in [0.15, 0.2) is 18.2 Å². The number of hydrogen-bond acceptors (Lipinski definition) is 2. The minimum Gasteiger partial charge on any atom is -0.508 e. The molecular weight excluding hydrogens is 204 g/mol. The highest BCUT2D eigenvalue weighted by Crippen LogP contribution is 2.49. The number of carbonyl (C=O) groups is 1. The number of carboxylic acids is 1. The van der Waals surface area contributed by atoms with Crippen molar-refractivity contribution in [2.45, 2.75) is 38.0 Å². The molecule has 1 fully saturated rings. The minimum atomic E-state index is -0.796. The summed E-state index contributed by atoms with van der Waals surface area (Å²) < 4.78 is 0. The lowest BCUT2D eigenvalue weighted by Crippen LogP contribution is -2.07. The summed E-state index contributed by atoms with van der Waals surface area (Å²) in [5.74, 6) is -0.580. The number of aliphatic carboxylic acids is 1. The van der Waals surface area contributed by atoms with Crippen LogP contribution in [0.2, 0.25) is 0 Å². The summed E-state index contributed by atoms with van der Waals surface area (Å²) in [4.78, 5) is 10.6. The van der Waals surface area contributed by atoms with Crippen LogP contribution in [0.4, 0.5) is 0 Å². The number of aryl methyl sites for hydroxylation is 1. The fourth-order valence-electron chi connectivity index (χ4n) is 2.07. The SMILES string of the molecule is CC1(c2ccc(O)cc2CCC(=O)O)CC1. The van der Waals surface area contributed by atoms with Crippen molar-refractivity contribution in [2.75, 3.05) is 0 Å². The smallest absolute Gasteiger partial charge is 0.303 e. The Hall–Kier alpha value is -1.51. The van der Waals surface area contributed by atoms with Crippen LogP contribution in [0.3, 0.4) is 0 Å². The van der Waals surface area contributed by atoms with Gasteiger partial charge >= 0.3 is 5.97 Å². The fourth-order valence-corrected chi connectivity index (χ4v) is 2.07. The van der Waals surface area contributed by atoms with E-state index in [1.807, 2.05) is 6.07 Å². The lowest BCUT2D eigenvalue weighted by Gasteiger charge is -2.15. The highest BCUT2D eigenvalue weighted by Gasteiger charge is 2.40. The second-order valence-electron chi connectivity index (χ2n) is 4.80. The third-order valence-corrected chi connectivity index (χ3v) is 3.35. The number of rotatable bonds is 4. The number of benzene rings is 1. The van der Waals surface area contributed by atoms with Gasteiger partial charge in [0, 0.05) is 6.42 Å². The Labute approximate surface area is 94.7 Å². The molecule has 1 aromatic rings. The van der Waals surface area contributed by atoms with Gasteiger partial charge in [-0.15, -0.1) is 0 Å². The zero-order valence-electron chi connectivity index (χ0n) is 9.36. The Morgan fingerprint density at radius 2 is 2.12 bits per heavy atom. The van der Waals surface area contributed by atoms with Crippen LogP contribution in [0.1, 0.15) is 37.3 Å². The zero-order chi connectivity index (χ0) is 11.8. The van der Waals surface area contributed by atoms with Gasteiger partial charge in [0.1, 0.15) is 5.75 Å². The van der Waals surface area contributed by atoms with Crippen molar-refractivity contribution in [3.05, 3.63) is 29.3 Å². The summed E-state index contributed by atoms with van der Waals surface area (Å²) in [5.41, 5.74) is 2.38. The van der Waals surface area contributed by atoms with E-state index >= 15 is 0 Å². The van der Waals surface area contributed by atoms with E-state index in [4.69, 9.17) is 5.11 Å². The van der Waals surface area contributed by atoms with Crippen molar-refractivity contribution in [1.29, 1.82) is 0 Å². The highest BCUT2D eigenvalue weighted by atomic mass is 16.4. The molecule has 0 atom stereocenters. The molecule has 1 aliphatic rings. The first-order valence-corrected chi connectivity index (χ1v) is 5.55. The number of phenols is 1. The van der Waals surface area contributed by atoms with Crippen molar-refractivity contribution in [2.24, 2.45) is 0 Å². The molecule has 0 unspecified atom stereocenters. The molecule has 1 saturated carbocycles. The quantitative estimate of drug-likeness (QED) is 0.819. The van der Waals surface area contributed by atoms with Crippen LogP contribution < -0.4 is 0 Å². The highest BCUT2D eigenvalue weighted by molar-refractivity contribution is 5.67. The van der Waals surface area contributed by atoms with Crippen LogP contribution in [0, 0.1) is 0 Å². The Bertz CT molecular complexity index is 419. The van der Waals surface area contributed by atoms with Crippen molar-refractivity contribution < 1.29 is 15.0 Å². The van der Waals surface area contributed by atoms with E-state index < -0.39 is 5.97 Å². The molecule has 1 aliphatic carbocycles. The van der Waals surface area contributed by atoms with E-state index in [1.54, 1.807) is 12.1 Å². The van der Waals surface area contributed by atoms with Crippen LogP contribution in [-0.4, -0.2) is 16.2 Å². The van der Waals surface area contributed by atoms with Crippen molar-refractivity contribution in [3.8, 4) is 5.75 Å². The van der Waals surface area contributed by atoms with Gasteiger partial charge in [0.15, 0.2) is 0 Å². The molecule has 0 aromatic heterocycles. The third-order valence-electron chi connectivity index (χ3n) is 3.35. The first kappa shape index (κ1) is 11.0. The Morgan fingerprint density at radius 1 is 1.44 bits per heavy atom. The second-order valence-corrected chi connectivity index (χ2v) is 4.80. The largest absolute Gasteiger partial charge is 0.508 e. The third kappa shape index (κ3) is 2.18. The maximum absolute atomic E-state index is 10.6. The van der Waals surface area contributed by atoms with Gasteiger partial charge in [-0.1, -0.05) is 13.0 Å². The molecule has 3 heteroatoms. The lowest BCUT2D eigenvalue weighted by molar-refractivity contribution is -0.136. The van der Waals surface area contributed by atoms with Crippen LogP contribution in [0.25, 0.3) is 0 Å². The summed E-state index contributed by atoms with van der Waals surface area (Å²) in [6.45, 7) is 2.18. The molecule has 0 amide bonds. The first-order valence-electron chi connectivity index (χ1n) is 5.55. The predicted molar refractivity (Wildman–Crippen MR) is 60.6 cm³/mol. The van der Waals surface area contributed by atoms with Crippen molar-refractivity contribution in [1.82, 2.24) is 0 Å². The van der Waals surface area contributed by atoms with Gasteiger partial charge in [0.25, 0.3) is 0 Å². The number of phenolic OH excluding ortho intramolecular Hbond substituents is 1. The van der Waals surface area contributed by atoms with Crippen molar-refractivity contribution in [3.63, 3.8) is 0 Å². The molecule has 0 radical (unpaired) electrons. The van der Waals surface area contributed by atoms with Gasteiger partial charge < -0.3 is 10.2 Å². The summed E-state index contributed by atoms with van der Waals surface area (Å²) in [6, 6.07) is 5.31. The maximum atomic E-state index is 10.6. The monoisotopic (exact) mass is 220 g/mol. The van der Waals surface area contributed by atoms with Crippen LogP contribution in [-0.2, 0) is 16.6 Å². The molecule has 2 rings (SSSR count). The molecule has 3 nitrogen and oxygen atoms in total. The average molecular weight is 220 g/mol. The molecule has 16 heavy (non-hydrogen) atoms. The predicted octanol–water partition coefficient (Wildman–Crippen LogP) is 2.46. The summed E-state index contributed by atoms with van der Waals surface area (Å²) in [5, 5.41) is 18.1. The summed E-state index contributed by atoms with van der Waals surface area (Å²) in [7, 11) is 0. The first-order chi connectivity index (χ1) is 7.51. The molecule has 2 N–H and O–H groups in total. The van der Waals surface area contributed by atoms with Gasteiger partial charge in [0.2, 0.25) is 0 Å². The van der Waals surface area contributed by atoms with E-state index in [-0.39, 0.29) is 17.6 Å². The second kappa shape index (κ2) is 3.81. The number of aromatic hydroxyl groups is 1. The number of hydrogen-bond donors (Lipinski definition) is 2. The Kier molecular flexibility index (Phi) is 2.62. The molecule has 0 heterocycles. The Balaban J connectivity index is 2.26. The molecule has 0 aliphatic heterocycles. The van der Waals surface area contributed by atoms with Gasteiger partial charge in [-0.3, -0.25) is 4.79 Å². The van der Waals surface area contributed by atoms with Crippen LogP contribution in [0.5, 0.6) is 5.75 Å². The van der Waals surface area contributed by atoms with E-state index in [2.05, 4.69) is 6.92 Å². The molecule has 0 bridgehead atoms. The topological polar surface area (TPSA) is 57.5 Å². The Morgan fingerprint density at radius 3 is 2.69 bits per heavy atom. The molecule has 0 saturated heterocycles. The van der Waals surface area contributed by atoms with E-state index in [0.29, 0.717) is 6.42 Å². The number of carboxylic acid groups (broad SMARTS) is 1. The van der Waals surface area contributed by atoms with E-state index in [1.165, 1.54) is 5.56 Å². The molecular formula is C13H16O3. The standard InChI is InChI=1S/C13H16O3/c1-13(6-7-13)11-4-3-10(14)8-9(11)2-5-12(15)16/h3-4,8,14H,2,5-7H2,1H3,(H,15,16). The fraction of sp³-hybridized carbons (Fsp3) is 0.462. The van der Waals surface area contributed by atoms with Gasteiger partial charge in [-0.05, 0) is 47.9 Å². The van der Waals surface area contributed by atoms with Gasteiger partial charge in [-0.25, -0.2) is 0 Å². The van der Waals surface area contributed by atoms with Crippen molar-refractivity contribution >= 4 is 5.97 Å². The van der Waals surface area contributed by atoms with Gasteiger partial charge in [-0.2, -0.15) is 0 Å². The lowest BCUT2D eigenvalue weighted by atomic mass is 9.91. The van der Waals surface area contributed by atoms with Gasteiger partial charge in [0.05, 0.1) is 0 Å². The molecule has 86 valence electrons. The van der Waals surface area contributed by atoms with Crippen LogP contribution >= 0.6 is 0 Å². The normalized spacial score (nSPS) is 17.1. The zero-order valence-corrected chi connectivity index (χ0v) is 9.36. The molecule has 0 spiro atoms. The average Bonchev–Trinajstić information content (AvgIpc) is 2.94. The van der Waals surface area contributed by atoms with E-state index in [0.717, 1.165) is 18.4 Å². The minimum absolute atomic E-state index is 0.118.